The number of nitrogens with two attached hydrogens (primary N) is 1. The van der Waals surface area contributed by atoms with Crippen LogP contribution in [0.5, 0.6) is 17.2 Å². The molecule has 6 nitrogen and oxygen atoms in total. The van der Waals surface area contributed by atoms with Crippen LogP contribution in [0.25, 0.3) is 0 Å². The number of hydrogen-bond donors (Lipinski definition) is 2. The minimum absolute atomic E-state index is 0. The van der Waals surface area contributed by atoms with E-state index in [1.807, 2.05) is 13.0 Å². The number of amides is 1. The van der Waals surface area contributed by atoms with Crippen LogP contribution in [-0.4, -0.2) is 32.8 Å². The van der Waals surface area contributed by atoms with Gasteiger partial charge in [0.25, 0.3) is 0 Å². The van der Waals surface area contributed by atoms with Crippen LogP contribution in [0.1, 0.15) is 12.0 Å². The summed E-state index contributed by atoms with van der Waals surface area (Å²) in [6, 6.07) is 9.54. The maximum absolute atomic E-state index is 14.3. The zero-order chi connectivity index (χ0) is 19.1. The number of halogens is 2. The third-order valence-corrected chi connectivity index (χ3v) is 3.76. The van der Waals surface area contributed by atoms with Crippen molar-refractivity contribution in [3.05, 3.63) is 47.8 Å². The Bertz CT molecular complexity index is 769. The first-order chi connectivity index (χ1) is 12.5. The van der Waals surface area contributed by atoms with Crippen LogP contribution in [0.4, 0.5) is 10.1 Å². The molecule has 27 heavy (non-hydrogen) atoms. The van der Waals surface area contributed by atoms with E-state index in [4.69, 9.17) is 19.9 Å². The van der Waals surface area contributed by atoms with Crippen LogP contribution in [0.15, 0.2) is 36.4 Å². The van der Waals surface area contributed by atoms with Crippen LogP contribution in [0.3, 0.4) is 0 Å². The van der Waals surface area contributed by atoms with Gasteiger partial charge in [-0.2, -0.15) is 0 Å². The fourth-order valence-corrected chi connectivity index (χ4v) is 2.32. The van der Waals surface area contributed by atoms with E-state index in [0.29, 0.717) is 17.2 Å². The first kappa shape index (κ1) is 22.7. The molecule has 0 saturated heterocycles. The van der Waals surface area contributed by atoms with Crippen molar-refractivity contribution in [2.75, 3.05) is 26.1 Å². The molecule has 1 unspecified atom stereocenters. The first-order valence-electron chi connectivity index (χ1n) is 8.11. The van der Waals surface area contributed by atoms with Gasteiger partial charge in [0.15, 0.2) is 23.1 Å². The number of methoxy groups -OCH3 is 2. The number of carbonyl (C=O) groups is 1. The van der Waals surface area contributed by atoms with E-state index in [9.17, 15) is 9.18 Å². The first-order valence-corrected chi connectivity index (χ1v) is 8.11. The summed E-state index contributed by atoms with van der Waals surface area (Å²) in [5.41, 5.74) is 6.80. The van der Waals surface area contributed by atoms with Gasteiger partial charge in [-0.3, -0.25) is 4.79 Å². The van der Waals surface area contributed by atoms with Gasteiger partial charge in [-0.15, -0.1) is 12.4 Å². The largest absolute Gasteiger partial charge is 0.493 e. The smallest absolute Gasteiger partial charge is 0.227 e. The summed E-state index contributed by atoms with van der Waals surface area (Å²) in [7, 11) is 3.00. The Morgan fingerprint density at radius 2 is 1.85 bits per heavy atom. The summed E-state index contributed by atoms with van der Waals surface area (Å²) < 4.78 is 30.2. The number of rotatable bonds is 8. The number of aryl methyl sites for hydroxylation is 1. The fourth-order valence-electron chi connectivity index (χ4n) is 2.32. The lowest BCUT2D eigenvalue weighted by Gasteiger charge is -2.14. The topological polar surface area (TPSA) is 82.8 Å². The second-order valence-corrected chi connectivity index (χ2v) is 5.75. The van der Waals surface area contributed by atoms with Crippen LogP contribution < -0.4 is 20.5 Å². The summed E-state index contributed by atoms with van der Waals surface area (Å²) >= 11 is 0. The standard InChI is InChI=1S/C19H23FN2O4.ClH/c1-12-4-6-17(18(8-12)25-3)26-16-7-5-13(9-15(16)20)22-19(23)10-14(11-21)24-2;/h4-9,14H,10-11,21H2,1-3H3,(H,22,23);1H. The summed E-state index contributed by atoms with van der Waals surface area (Å²) in [6.07, 6.45) is -0.288. The Labute approximate surface area is 164 Å². The number of ether oxygens (including phenoxy) is 3. The van der Waals surface area contributed by atoms with Gasteiger partial charge in [-0.1, -0.05) is 6.07 Å². The summed E-state index contributed by atoms with van der Waals surface area (Å²) in [5, 5.41) is 2.61. The summed E-state index contributed by atoms with van der Waals surface area (Å²) in [6.45, 7) is 2.15. The lowest BCUT2D eigenvalue weighted by molar-refractivity contribution is -0.118. The highest BCUT2D eigenvalue weighted by Gasteiger charge is 2.14. The van der Waals surface area contributed by atoms with E-state index in [1.165, 1.54) is 26.4 Å². The number of anilines is 1. The van der Waals surface area contributed by atoms with Crippen molar-refractivity contribution in [2.45, 2.75) is 19.4 Å². The molecule has 8 heteroatoms. The van der Waals surface area contributed by atoms with Crippen LogP contribution in [0, 0.1) is 12.7 Å². The van der Waals surface area contributed by atoms with Crippen molar-refractivity contribution in [1.29, 1.82) is 0 Å². The van der Waals surface area contributed by atoms with E-state index in [-0.39, 0.29) is 43.1 Å². The maximum Gasteiger partial charge on any atom is 0.227 e. The Hall–Kier alpha value is -2.35. The van der Waals surface area contributed by atoms with Gasteiger partial charge in [0.1, 0.15) is 0 Å². The minimum Gasteiger partial charge on any atom is -0.493 e. The summed E-state index contributed by atoms with van der Waals surface area (Å²) in [4.78, 5) is 11.9. The van der Waals surface area contributed by atoms with Gasteiger partial charge >= 0.3 is 0 Å². The number of carbonyl (C=O) groups excluding carboxylic acids is 1. The molecule has 0 heterocycles. The van der Waals surface area contributed by atoms with Crippen molar-refractivity contribution < 1.29 is 23.4 Å². The molecular formula is C19H24ClFN2O4. The third-order valence-electron chi connectivity index (χ3n) is 3.76. The molecule has 1 amide bonds. The van der Waals surface area contributed by atoms with Crippen molar-refractivity contribution in [3.63, 3.8) is 0 Å². The molecule has 0 saturated carbocycles. The molecule has 2 aromatic rings. The van der Waals surface area contributed by atoms with Gasteiger partial charge in [0, 0.05) is 25.4 Å². The highest BCUT2D eigenvalue weighted by molar-refractivity contribution is 5.91. The van der Waals surface area contributed by atoms with Gasteiger partial charge in [-0.05, 0) is 36.8 Å². The molecule has 2 aromatic carbocycles. The molecule has 148 valence electrons. The fraction of sp³-hybridized carbons (Fsp3) is 0.316. The summed E-state index contributed by atoms with van der Waals surface area (Å²) in [5.74, 6) is 0.0267. The average Bonchev–Trinajstić information content (AvgIpc) is 2.63. The Morgan fingerprint density at radius 1 is 1.15 bits per heavy atom. The molecule has 0 aliphatic carbocycles. The van der Waals surface area contributed by atoms with Crippen LogP contribution in [0.2, 0.25) is 0 Å². The highest BCUT2D eigenvalue weighted by Crippen LogP contribution is 2.34. The molecule has 1 atom stereocenters. The van der Waals surface area contributed by atoms with Crippen molar-refractivity contribution in [2.24, 2.45) is 5.73 Å². The predicted octanol–water partition coefficient (Wildman–Crippen LogP) is 3.66. The minimum atomic E-state index is -0.604. The third kappa shape index (κ3) is 6.39. The van der Waals surface area contributed by atoms with E-state index in [1.54, 1.807) is 18.2 Å². The predicted molar refractivity (Wildman–Crippen MR) is 105 cm³/mol. The molecule has 3 N–H and O–H groups in total. The zero-order valence-corrected chi connectivity index (χ0v) is 16.3. The SMILES string of the molecule is COc1cc(C)ccc1Oc1ccc(NC(=O)CC(CN)OC)cc1F.Cl. The van der Waals surface area contributed by atoms with Crippen LogP contribution in [-0.2, 0) is 9.53 Å². The van der Waals surface area contributed by atoms with Gasteiger partial charge in [0.05, 0.1) is 19.6 Å². The zero-order valence-electron chi connectivity index (χ0n) is 15.5. The van der Waals surface area contributed by atoms with E-state index in [2.05, 4.69) is 5.32 Å². The molecular weight excluding hydrogens is 375 g/mol. The second kappa shape index (κ2) is 10.7. The number of nitrogens with one attached hydrogen (secondary N) is 1. The van der Waals surface area contributed by atoms with Crippen molar-refractivity contribution >= 4 is 24.0 Å². The highest BCUT2D eigenvalue weighted by atomic mass is 35.5. The Kier molecular flexibility index (Phi) is 9.00. The van der Waals surface area contributed by atoms with Crippen molar-refractivity contribution in [3.8, 4) is 17.2 Å². The molecule has 0 bridgehead atoms. The Balaban J connectivity index is 0.00000364. The molecule has 2 rings (SSSR count). The molecule has 0 fully saturated rings. The molecule has 0 radical (unpaired) electrons. The molecule has 0 aliphatic heterocycles. The number of benzene rings is 2. The molecule has 0 spiro atoms. The quantitative estimate of drug-likeness (QED) is 0.709. The lowest BCUT2D eigenvalue weighted by Crippen LogP contribution is -2.28. The molecule has 0 aromatic heterocycles. The number of hydrogen-bond acceptors (Lipinski definition) is 5. The van der Waals surface area contributed by atoms with Gasteiger partial charge < -0.3 is 25.3 Å². The van der Waals surface area contributed by atoms with Gasteiger partial charge in [0.2, 0.25) is 5.91 Å². The van der Waals surface area contributed by atoms with Crippen LogP contribution >= 0.6 is 12.4 Å². The van der Waals surface area contributed by atoms with Crippen molar-refractivity contribution in [1.82, 2.24) is 0 Å². The maximum atomic E-state index is 14.3. The van der Waals surface area contributed by atoms with E-state index < -0.39 is 5.82 Å². The van der Waals surface area contributed by atoms with E-state index in [0.717, 1.165) is 5.56 Å². The normalized spacial score (nSPS) is 11.3. The van der Waals surface area contributed by atoms with E-state index >= 15 is 0 Å². The second-order valence-electron chi connectivity index (χ2n) is 5.75. The molecule has 0 aliphatic rings. The van der Waals surface area contributed by atoms with Gasteiger partial charge in [-0.25, -0.2) is 4.39 Å². The average molecular weight is 399 g/mol. The lowest BCUT2D eigenvalue weighted by atomic mass is 10.2. The Morgan fingerprint density at radius 3 is 2.44 bits per heavy atom. The monoisotopic (exact) mass is 398 g/mol.